The topological polar surface area (TPSA) is 173 Å². The van der Waals surface area contributed by atoms with Crippen molar-refractivity contribution in [2.75, 3.05) is 14.1 Å². The number of amides is 6. The van der Waals surface area contributed by atoms with Crippen LogP contribution in [0.25, 0.3) is 0 Å². The number of nitrogens with one attached hydrogen (secondary N) is 2. The molecule has 1 radical (unpaired) electrons. The predicted octanol–water partition coefficient (Wildman–Crippen LogP) is -3.41. The molecule has 14 heteroatoms. The molecule has 12 nitrogen and oxygen atoms in total. The van der Waals surface area contributed by atoms with Crippen LogP contribution in [0.15, 0.2) is 0 Å². The summed E-state index contributed by atoms with van der Waals surface area (Å²) in [5, 5.41) is 20.6. The fraction of sp³-hybridized carbons (Fsp3) is 0.400. The Balaban J connectivity index is 0. The number of carboxylic acid groups (broad SMARTS) is 2. The summed E-state index contributed by atoms with van der Waals surface area (Å²) < 4.78 is 0. The van der Waals surface area contributed by atoms with Crippen molar-refractivity contribution < 1.29 is 61.4 Å². The third kappa shape index (κ3) is 5.29. The second kappa shape index (κ2) is 9.76. The first-order valence-electron chi connectivity index (χ1n) is 5.68. The summed E-state index contributed by atoms with van der Waals surface area (Å²) in [7, 11) is 2.50. The molecule has 2 heterocycles. The van der Waals surface area contributed by atoms with E-state index in [0.717, 1.165) is 9.80 Å². The van der Waals surface area contributed by atoms with Gasteiger partial charge in [-0.2, -0.15) is 0 Å². The zero-order valence-electron chi connectivity index (χ0n) is 11.7. The van der Waals surface area contributed by atoms with Gasteiger partial charge in [-0.1, -0.05) is 0 Å². The molecule has 0 aromatic heterocycles. The number of carbonyl (C=O) groups excluding carboxylic acids is 4. The van der Waals surface area contributed by atoms with Crippen molar-refractivity contribution >= 4 is 65.4 Å². The van der Waals surface area contributed by atoms with Crippen LogP contribution >= 0.6 is 0 Å². The molecule has 133 valence electrons. The number of likely N-dealkylation sites (N-methyl/N-ethyl adjacent to an activating group) is 2. The Labute approximate surface area is 172 Å². The number of carboxylic acids is 2. The molecular formula is C10H13AuN4NaO8. The molecule has 4 N–H and O–H groups in total. The van der Waals surface area contributed by atoms with Crippen molar-refractivity contribution in [3.8, 4) is 0 Å². The van der Waals surface area contributed by atoms with E-state index in [1.165, 1.54) is 14.1 Å². The van der Waals surface area contributed by atoms with Gasteiger partial charge in [0.25, 0.3) is 11.8 Å². The van der Waals surface area contributed by atoms with Gasteiger partial charge in [0.2, 0.25) is 12.1 Å². The number of rotatable bonds is 2. The molecular weight excluding hydrogens is 524 g/mol. The molecule has 0 spiro atoms. The maximum atomic E-state index is 10.7. The second-order valence-electron chi connectivity index (χ2n) is 4.29. The summed E-state index contributed by atoms with van der Waals surface area (Å²) in [6.45, 7) is 0. The molecule has 0 aromatic rings. The van der Waals surface area contributed by atoms with Gasteiger partial charge in [0.05, 0.1) is 0 Å². The monoisotopic (exact) mass is 537 g/mol. The first-order valence-corrected chi connectivity index (χ1v) is 5.68. The minimum absolute atomic E-state index is 0. The third-order valence-electron chi connectivity index (χ3n) is 2.84. The Bertz CT molecular complexity index is 535. The second-order valence-corrected chi connectivity index (χ2v) is 4.29. The molecule has 0 bridgehead atoms. The number of aliphatic carboxylic acids is 2. The van der Waals surface area contributed by atoms with Crippen LogP contribution < -0.4 is 10.6 Å². The van der Waals surface area contributed by atoms with E-state index >= 15 is 0 Å². The summed E-state index contributed by atoms with van der Waals surface area (Å²) in [4.78, 5) is 64.9. The first kappa shape index (κ1) is 24.8. The van der Waals surface area contributed by atoms with E-state index in [9.17, 15) is 28.8 Å². The Hall–Kier alpha value is -1.44. The molecule has 24 heavy (non-hydrogen) atoms. The van der Waals surface area contributed by atoms with Crippen LogP contribution in [0.5, 0.6) is 0 Å². The van der Waals surface area contributed by atoms with Crippen LogP contribution in [0.1, 0.15) is 0 Å². The van der Waals surface area contributed by atoms with Crippen molar-refractivity contribution in [3.63, 3.8) is 0 Å². The van der Waals surface area contributed by atoms with Gasteiger partial charge < -0.3 is 20.0 Å². The number of hydrogen-bond acceptors (Lipinski definition) is 6. The van der Waals surface area contributed by atoms with Crippen LogP contribution in [-0.4, -0.2) is 112 Å². The number of hydrogen-bond donors (Lipinski definition) is 4. The summed E-state index contributed by atoms with van der Waals surface area (Å²) in [5.74, 6) is -4.22. The molecule has 2 unspecified atom stereocenters. The van der Waals surface area contributed by atoms with E-state index in [0.29, 0.717) is 0 Å². The summed E-state index contributed by atoms with van der Waals surface area (Å²) in [6, 6.07) is -4.10. The zero-order chi connectivity index (χ0) is 17.2. The van der Waals surface area contributed by atoms with Crippen molar-refractivity contribution in [2.24, 2.45) is 0 Å². The van der Waals surface area contributed by atoms with Gasteiger partial charge in [0.1, 0.15) is 0 Å². The Morgan fingerprint density at radius 2 is 1.08 bits per heavy atom. The number of urea groups is 2. The van der Waals surface area contributed by atoms with Crippen molar-refractivity contribution in [1.82, 2.24) is 20.4 Å². The molecule has 2 aliphatic heterocycles. The molecule has 2 saturated heterocycles. The van der Waals surface area contributed by atoms with Crippen molar-refractivity contribution in [1.29, 1.82) is 0 Å². The first-order chi connectivity index (χ1) is 10.1. The molecule has 2 aliphatic rings. The molecule has 0 saturated carbocycles. The van der Waals surface area contributed by atoms with E-state index in [4.69, 9.17) is 10.2 Å². The summed E-state index contributed by atoms with van der Waals surface area (Å²) in [6.07, 6.45) is 0. The van der Waals surface area contributed by atoms with Gasteiger partial charge in [-0.3, -0.25) is 20.2 Å². The van der Waals surface area contributed by atoms with E-state index in [-0.39, 0.29) is 51.9 Å². The number of imide groups is 2. The van der Waals surface area contributed by atoms with Crippen LogP contribution in [-0.2, 0) is 41.6 Å². The van der Waals surface area contributed by atoms with E-state index in [1.807, 2.05) is 10.6 Å². The average Bonchev–Trinajstić information content (AvgIpc) is 2.77. The molecule has 2 rings (SSSR count). The fourth-order valence-corrected chi connectivity index (χ4v) is 1.67. The van der Waals surface area contributed by atoms with E-state index in [1.54, 1.807) is 0 Å². The van der Waals surface area contributed by atoms with Gasteiger partial charge in [-0.05, 0) is 0 Å². The van der Waals surface area contributed by atoms with Gasteiger partial charge in [0.15, 0.2) is 0 Å². The maximum absolute atomic E-state index is 10.7. The van der Waals surface area contributed by atoms with Crippen molar-refractivity contribution in [2.45, 2.75) is 12.1 Å². The normalized spacial score (nSPS) is 21.8. The number of carbonyl (C=O) groups is 6. The van der Waals surface area contributed by atoms with Gasteiger partial charge in [0, 0.05) is 36.5 Å². The standard InChI is InChI=1S/2C5H6N2O4.Au.Na.H/c2*1-7-2(4(9)10)3(8)6-5(7)11;;;/h2*2H,1H3,(H,9,10)(H,6,8,11);;;. The van der Waals surface area contributed by atoms with Crippen molar-refractivity contribution in [3.05, 3.63) is 0 Å². The van der Waals surface area contributed by atoms with Crippen LogP contribution in [0.2, 0.25) is 0 Å². The minimum atomic E-state index is -1.37. The molecule has 6 amide bonds. The predicted molar refractivity (Wildman–Crippen MR) is 72.6 cm³/mol. The third-order valence-corrected chi connectivity index (χ3v) is 2.84. The zero-order valence-corrected chi connectivity index (χ0v) is 13.9. The van der Waals surface area contributed by atoms with Crippen LogP contribution in [0.4, 0.5) is 9.59 Å². The summed E-state index contributed by atoms with van der Waals surface area (Å²) in [5.41, 5.74) is 0. The molecule has 2 atom stereocenters. The average molecular weight is 537 g/mol. The van der Waals surface area contributed by atoms with Gasteiger partial charge >= 0.3 is 53.6 Å². The SMILES string of the molecule is CN1C(=O)NC(=O)C1C(=O)O.CN1C(=O)NC(=O)C1C(=O)O.[Au].[NaH]. The van der Waals surface area contributed by atoms with Gasteiger partial charge in [-0.15, -0.1) is 0 Å². The van der Waals surface area contributed by atoms with Crippen LogP contribution in [0, 0.1) is 0 Å². The number of nitrogens with zero attached hydrogens (tertiary/aromatic N) is 2. The van der Waals surface area contributed by atoms with Gasteiger partial charge in [-0.25, -0.2) is 19.2 Å². The van der Waals surface area contributed by atoms with Crippen LogP contribution in [0.3, 0.4) is 0 Å². The Morgan fingerprint density at radius 1 is 0.833 bits per heavy atom. The van der Waals surface area contributed by atoms with E-state index < -0.39 is 47.9 Å². The fourth-order valence-electron chi connectivity index (χ4n) is 1.67. The quantitative estimate of drug-likeness (QED) is 0.160. The molecule has 0 aliphatic carbocycles. The molecule has 0 aromatic carbocycles. The Morgan fingerprint density at radius 3 is 1.17 bits per heavy atom. The molecule has 2 fully saturated rings. The Kier molecular flexibility index (Phi) is 10.1. The summed E-state index contributed by atoms with van der Waals surface area (Å²) >= 11 is 0. The van der Waals surface area contributed by atoms with E-state index in [2.05, 4.69) is 0 Å².